The fourth-order valence-corrected chi connectivity index (χ4v) is 4.53. The highest BCUT2D eigenvalue weighted by molar-refractivity contribution is 7.91. The summed E-state index contributed by atoms with van der Waals surface area (Å²) in [6.45, 7) is 7.00. The SMILES string of the molecule is CCS(=O)(=O)c1ccccc1N1CCN(c2cc(Cl)ccc2C)CC1. The molecule has 134 valence electrons. The van der Waals surface area contributed by atoms with Crippen molar-refractivity contribution in [1.82, 2.24) is 0 Å². The van der Waals surface area contributed by atoms with E-state index in [4.69, 9.17) is 11.6 Å². The minimum Gasteiger partial charge on any atom is -0.368 e. The van der Waals surface area contributed by atoms with Crippen LogP contribution in [0.4, 0.5) is 11.4 Å². The van der Waals surface area contributed by atoms with Gasteiger partial charge in [0.05, 0.1) is 16.3 Å². The zero-order chi connectivity index (χ0) is 18.0. The number of hydrogen-bond acceptors (Lipinski definition) is 4. The van der Waals surface area contributed by atoms with Gasteiger partial charge >= 0.3 is 0 Å². The minimum absolute atomic E-state index is 0.117. The summed E-state index contributed by atoms with van der Waals surface area (Å²) in [5.74, 6) is 0.117. The Bertz CT molecular complexity index is 859. The average Bonchev–Trinajstić information content (AvgIpc) is 2.64. The van der Waals surface area contributed by atoms with Gasteiger partial charge in [-0.2, -0.15) is 0 Å². The van der Waals surface area contributed by atoms with Crippen LogP contribution in [0.1, 0.15) is 12.5 Å². The number of hydrogen-bond donors (Lipinski definition) is 0. The van der Waals surface area contributed by atoms with E-state index in [1.807, 2.05) is 30.3 Å². The molecule has 1 aliphatic rings. The lowest BCUT2D eigenvalue weighted by atomic mass is 10.1. The minimum atomic E-state index is -3.23. The van der Waals surface area contributed by atoms with E-state index in [0.717, 1.165) is 42.6 Å². The lowest BCUT2D eigenvalue weighted by molar-refractivity contribution is 0.595. The number of benzene rings is 2. The second-order valence-electron chi connectivity index (χ2n) is 6.28. The Morgan fingerprint density at radius 2 is 1.56 bits per heavy atom. The van der Waals surface area contributed by atoms with Crippen LogP contribution in [0.25, 0.3) is 0 Å². The number of nitrogens with zero attached hydrogens (tertiary/aromatic N) is 2. The molecule has 0 saturated carbocycles. The molecule has 6 heteroatoms. The summed E-state index contributed by atoms with van der Waals surface area (Å²) in [6.07, 6.45) is 0. The van der Waals surface area contributed by atoms with Crippen molar-refractivity contribution in [2.24, 2.45) is 0 Å². The molecule has 1 heterocycles. The number of halogens is 1. The predicted molar refractivity (Wildman–Crippen MR) is 105 cm³/mol. The number of anilines is 2. The van der Waals surface area contributed by atoms with Crippen molar-refractivity contribution < 1.29 is 8.42 Å². The summed E-state index contributed by atoms with van der Waals surface area (Å²) in [7, 11) is -3.23. The Balaban J connectivity index is 1.81. The van der Waals surface area contributed by atoms with Crippen LogP contribution in [0.3, 0.4) is 0 Å². The van der Waals surface area contributed by atoms with E-state index < -0.39 is 9.84 Å². The molecule has 0 bridgehead atoms. The average molecular weight is 379 g/mol. The molecule has 3 rings (SSSR count). The molecular formula is C19H23ClN2O2S. The third-order valence-electron chi connectivity index (χ3n) is 4.71. The fourth-order valence-electron chi connectivity index (χ4n) is 3.25. The van der Waals surface area contributed by atoms with Crippen LogP contribution in [-0.4, -0.2) is 40.3 Å². The quantitative estimate of drug-likeness (QED) is 0.812. The molecule has 1 saturated heterocycles. The van der Waals surface area contributed by atoms with Gasteiger partial charge in [-0.3, -0.25) is 0 Å². The summed E-state index contributed by atoms with van der Waals surface area (Å²) in [6, 6.07) is 13.2. The van der Waals surface area contributed by atoms with Crippen molar-refractivity contribution in [3.63, 3.8) is 0 Å². The Kier molecular flexibility index (Phi) is 5.25. The molecule has 0 aromatic heterocycles. The Morgan fingerprint density at radius 3 is 2.20 bits per heavy atom. The fraction of sp³-hybridized carbons (Fsp3) is 0.368. The van der Waals surface area contributed by atoms with Crippen molar-refractivity contribution in [3.05, 3.63) is 53.1 Å². The van der Waals surface area contributed by atoms with Gasteiger partial charge in [-0.05, 0) is 36.8 Å². The number of aryl methyl sites for hydroxylation is 1. The number of sulfone groups is 1. The highest BCUT2D eigenvalue weighted by Crippen LogP contribution is 2.29. The maximum Gasteiger partial charge on any atom is 0.180 e. The zero-order valence-corrected chi connectivity index (χ0v) is 16.1. The van der Waals surface area contributed by atoms with Crippen molar-refractivity contribution >= 4 is 32.8 Å². The third kappa shape index (κ3) is 3.77. The van der Waals surface area contributed by atoms with Gasteiger partial charge in [-0.25, -0.2) is 8.42 Å². The van der Waals surface area contributed by atoms with E-state index in [9.17, 15) is 8.42 Å². The van der Waals surface area contributed by atoms with Crippen LogP contribution in [0.2, 0.25) is 5.02 Å². The zero-order valence-electron chi connectivity index (χ0n) is 14.6. The van der Waals surface area contributed by atoms with Gasteiger partial charge in [-0.15, -0.1) is 0 Å². The first-order valence-electron chi connectivity index (χ1n) is 8.50. The number of piperazine rings is 1. The highest BCUT2D eigenvalue weighted by atomic mass is 35.5. The summed E-state index contributed by atoms with van der Waals surface area (Å²) < 4.78 is 24.8. The maximum absolute atomic E-state index is 12.4. The number of rotatable bonds is 4. The molecule has 1 fully saturated rings. The molecule has 1 aliphatic heterocycles. The first kappa shape index (κ1) is 18.1. The summed E-state index contributed by atoms with van der Waals surface area (Å²) in [5.41, 5.74) is 3.17. The third-order valence-corrected chi connectivity index (χ3v) is 6.72. The van der Waals surface area contributed by atoms with E-state index >= 15 is 0 Å². The molecule has 0 unspecified atom stereocenters. The van der Waals surface area contributed by atoms with E-state index in [1.165, 1.54) is 5.56 Å². The highest BCUT2D eigenvalue weighted by Gasteiger charge is 2.24. The second kappa shape index (κ2) is 7.26. The molecule has 0 amide bonds. The van der Waals surface area contributed by atoms with Crippen molar-refractivity contribution in [3.8, 4) is 0 Å². The van der Waals surface area contributed by atoms with E-state index in [-0.39, 0.29) is 5.75 Å². The summed E-state index contributed by atoms with van der Waals surface area (Å²) >= 11 is 6.14. The van der Waals surface area contributed by atoms with Gasteiger partial charge in [0.2, 0.25) is 0 Å². The van der Waals surface area contributed by atoms with E-state index in [0.29, 0.717) is 4.90 Å². The molecule has 0 radical (unpaired) electrons. The molecular weight excluding hydrogens is 356 g/mol. The molecule has 4 nitrogen and oxygen atoms in total. The molecule has 25 heavy (non-hydrogen) atoms. The first-order chi connectivity index (χ1) is 11.9. The first-order valence-corrected chi connectivity index (χ1v) is 10.5. The smallest absolute Gasteiger partial charge is 0.180 e. The summed E-state index contributed by atoms with van der Waals surface area (Å²) in [5, 5.41) is 0.738. The maximum atomic E-state index is 12.4. The van der Waals surface area contributed by atoms with Gasteiger partial charge in [0.1, 0.15) is 0 Å². The molecule has 0 aliphatic carbocycles. The Hall–Kier alpha value is -1.72. The van der Waals surface area contributed by atoms with Crippen LogP contribution in [0.5, 0.6) is 0 Å². The normalized spacial score (nSPS) is 15.5. The van der Waals surface area contributed by atoms with E-state index in [1.54, 1.807) is 19.1 Å². The monoisotopic (exact) mass is 378 g/mol. The van der Waals surface area contributed by atoms with E-state index in [2.05, 4.69) is 16.7 Å². The van der Waals surface area contributed by atoms with Crippen LogP contribution < -0.4 is 9.80 Å². The van der Waals surface area contributed by atoms with Gasteiger partial charge in [0.25, 0.3) is 0 Å². The lowest BCUT2D eigenvalue weighted by Gasteiger charge is -2.38. The van der Waals surface area contributed by atoms with Crippen molar-refractivity contribution in [1.29, 1.82) is 0 Å². The topological polar surface area (TPSA) is 40.6 Å². The predicted octanol–water partition coefficient (Wildman–Crippen LogP) is 3.77. The van der Waals surface area contributed by atoms with Crippen LogP contribution in [0, 0.1) is 6.92 Å². The molecule has 2 aromatic rings. The second-order valence-corrected chi connectivity index (χ2v) is 8.96. The van der Waals surface area contributed by atoms with Gasteiger partial charge in [0, 0.05) is 36.9 Å². The lowest BCUT2D eigenvalue weighted by Crippen LogP contribution is -2.47. The Labute approximate surface area is 154 Å². The Morgan fingerprint density at radius 1 is 0.960 bits per heavy atom. The molecule has 0 spiro atoms. The van der Waals surface area contributed by atoms with Gasteiger partial charge in [0.15, 0.2) is 9.84 Å². The number of para-hydroxylation sites is 1. The summed E-state index contributed by atoms with van der Waals surface area (Å²) in [4.78, 5) is 4.91. The molecule has 0 atom stereocenters. The van der Waals surface area contributed by atoms with Crippen LogP contribution >= 0.6 is 11.6 Å². The molecule has 2 aromatic carbocycles. The van der Waals surface area contributed by atoms with Crippen LogP contribution in [0.15, 0.2) is 47.4 Å². The van der Waals surface area contributed by atoms with Crippen molar-refractivity contribution in [2.45, 2.75) is 18.7 Å². The largest absolute Gasteiger partial charge is 0.368 e. The molecule has 0 N–H and O–H groups in total. The van der Waals surface area contributed by atoms with Gasteiger partial charge < -0.3 is 9.80 Å². The van der Waals surface area contributed by atoms with Crippen LogP contribution in [-0.2, 0) is 9.84 Å². The standard InChI is InChI=1S/C19H23ClN2O2S/c1-3-25(23,24)19-7-5-4-6-17(19)21-10-12-22(13-11-21)18-14-16(20)9-8-15(18)2/h4-9,14H,3,10-13H2,1-2H3. The van der Waals surface area contributed by atoms with Gasteiger partial charge in [-0.1, -0.05) is 36.7 Å². The van der Waals surface area contributed by atoms with Crippen molar-refractivity contribution in [2.75, 3.05) is 41.7 Å².